The third-order valence-corrected chi connectivity index (χ3v) is 4.90. The molecule has 1 aromatic heterocycles. The van der Waals surface area contributed by atoms with Crippen molar-refractivity contribution >= 4 is 22.8 Å². The molecule has 1 aliphatic heterocycles. The molecule has 0 bridgehead atoms. The van der Waals surface area contributed by atoms with E-state index < -0.39 is 0 Å². The molecule has 0 aliphatic carbocycles. The van der Waals surface area contributed by atoms with E-state index in [1.807, 2.05) is 0 Å². The number of thiazole rings is 1. The molecule has 0 N–H and O–H groups in total. The van der Waals surface area contributed by atoms with Crippen LogP contribution >= 0.6 is 11.3 Å². The summed E-state index contributed by atoms with van der Waals surface area (Å²) in [6, 6.07) is 0.583. The first-order valence-electron chi connectivity index (χ1n) is 6.97. The van der Waals surface area contributed by atoms with Gasteiger partial charge in [-0.05, 0) is 19.4 Å². The summed E-state index contributed by atoms with van der Waals surface area (Å²) >= 11 is 1.54. The third kappa shape index (κ3) is 2.98. The maximum atomic E-state index is 11.1. The van der Waals surface area contributed by atoms with Gasteiger partial charge < -0.3 is 4.90 Å². The molecular weight excluding hydrogens is 258 g/mol. The number of aromatic nitrogens is 1. The maximum Gasteiger partial charge on any atom is 0.186 e. The van der Waals surface area contributed by atoms with E-state index >= 15 is 0 Å². The zero-order valence-corrected chi connectivity index (χ0v) is 13.0. The van der Waals surface area contributed by atoms with Gasteiger partial charge in [-0.2, -0.15) is 0 Å². The second-order valence-corrected chi connectivity index (χ2v) is 6.52. The van der Waals surface area contributed by atoms with E-state index in [0.717, 1.165) is 48.0 Å². The lowest BCUT2D eigenvalue weighted by Crippen LogP contribution is -2.51. The minimum Gasteiger partial charge on any atom is -0.345 e. The van der Waals surface area contributed by atoms with Gasteiger partial charge in [-0.3, -0.25) is 9.69 Å². The predicted octanol–water partition coefficient (Wildman–Crippen LogP) is 2.61. The summed E-state index contributed by atoms with van der Waals surface area (Å²) in [5.74, 6) is 0.305. The number of piperazine rings is 1. The van der Waals surface area contributed by atoms with Crippen molar-refractivity contribution in [2.75, 3.05) is 31.6 Å². The summed E-state index contributed by atoms with van der Waals surface area (Å²) in [6.07, 6.45) is 2.10. The molecule has 0 amide bonds. The SMILES string of the molecule is CCC1CN(c2nc(C(C)C)c(C=O)s2)CCN1C. The van der Waals surface area contributed by atoms with Gasteiger partial charge in [0.25, 0.3) is 0 Å². The molecule has 0 spiro atoms. The number of carbonyl (C=O) groups excluding carboxylic acids is 1. The molecule has 1 unspecified atom stereocenters. The van der Waals surface area contributed by atoms with Crippen LogP contribution in [0.15, 0.2) is 0 Å². The molecular formula is C14H23N3OS. The van der Waals surface area contributed by atoms with Crippen LogP contribution < -0.4 is 4.90 Å². The number of rotatable bonds is 4. The molecule has 4 nitrogen and oxygen atoms in total. The highest BCUT2D eigenvalue weighted by Gasteiger charge is 2.26. The first-order chi connectivity index (χ1) is 9.06. The summed E-state index contributed by atoms with van der Waals surface area (Å²) in [5.41, 5.74) is 0.946. The molecule has 2 rings (SSSR count). The molecule has 1 aromatic rings. The average molecular weight is 281 g/mol. The minimum absolute atomic E-state index is 0.305. The van der Waals surface area contributed by atoms with Gasteiger partial charge in [0.05, 0.1) is 10.6 Å². The zero-order valence-electron chi connectivity index (χ0n) is 12.2. The molecule has 5 heteroatoms. The molecule has 0 radical (unpaired) electrons. The van der Waals surface area contributed by atoms with Crippen LogP contribution in [0.1, 0.15) is 48.5 Å². The highest BCUT2D eigenvalue weighted by molar-refractivity contribution is 7.17. The van der Waals surface area contributed by atoms with Crippen molar-refractivity contribution in [1.82, 2.24) is 9.88 Å². The molecule has 1 saturated heterocycles. The molecule has 1 fully saturated rings. The number of nitrogens with zero attached hydrogens (tertiary/aromatic N) is 3. The lowest BCUT2D eigenvalue weighted by molar-refractivity contribution is 0.112. The van der Waals surface area contributed by atoms with Gasteiger partial charge in [-0.1, -0.05) is 32.1 Å². The van der Waals surface area contributed by atoms with Crippen LogP contribution in [-0.2, 0) is 0 Å². The van der Waals surface area contributed by atoms with E-state index in [9.17, 15) is 4.79 Å². The fraction of sp³-hybridized carbons (Fsp3) is 0.714. The van der Waals surface area contributed by atoms with Gasteiger partial charge in [0.1, 0.15) is 0 Å². The lowest BCUT2D eigenvalue weighted by atomic mass is 10.1. The largest absolute Gasteiger partial charge is 0.345 e. The summed E-state index contributed by atoms with van der Waals surface area (Å²) < 4.78 is 0. The summed E-state index contributed by atoms with van der Waals surface area (Å²) in [4.78, 5) is 21.4. The van der Waals surface area contributed by atoms with Gasteiger partial charge in [0, 0.05) is 25.7 Å². The Morgan fingerprint density at radius 2 is 2.21 bits per heavy atom. The van der Waals surface area contributed by atoms with Crippen LogP contribution in [0.4, 0.5) is 5.13 Å². The standard InChI is InChI=1S/C14H23N3OS/c1-5-11-8-17(7-6-16(11)4)14-15-13(10(2)3)12(9-18)19-14/h9-11H,5-8H2,1-4H3. The van der Waals surface area contributed by atoms with Crippen LogP contribution in [0.25, 0.3) is 0 Å². The maximum absolute atomic E-state index is 11.1. The average Bonchev–Trinajstić information content (AvgIpc) is 2.83. The van der Waals surface area contributed by atoms with E-state index in [1.54, 1.807) is 0 Å². The van der Waals surface area contributed by atoms with Gasteiger partial charge >= 0.3 is 0 Å². The summed E-state index contributed by atoms with van der Waals surface area (Å²) in [6.45, 7) is 9.47. The van der Waals surface area contributed by atoms with Crippen molar-refractivity contribution < 1.29 is 4.79 Å². The van der Waals surface area contributed by atoms with Crippen molar-refractivity contribution in [2.24, 2.45) is 0 Å². The van der Waals surface area contributed by atoms with Crippen molar-refractivity contribution in [3.8, 4) is 0 Å². The first kappa shape index (κ1) is 14.5. The number of hydrogen-bond donors (Lipinski definition) is 0. The zero-order chi connectivity index (χ0) is 14.0. The van der Waals surface area contributed by atoms with E-state index in [2.05, 4.69) is 37.6 Å². The Morgan fingerprint density at radius 1 is 1.47 bits per heavy atom. The number of likely N-dealkylation sites (N-methyl/N-ethyl adjacent to an activating group) is 1. The second-order valence-electron chi connectivity index (χ2n) is 5.51. The molecule has 19 heavy (non-hydrogen) atoms. The van der Waals surface area contributed by atoms with Crippen LogP contribution in [0, 0.1) is 0 Å². The van der Waals surface area contributed by atoms with E-state index in [4.69, 9.17) is 4.98 Å². The highest BCUT2D eigenvalue weighted by Crippen LogP contribution is 2.30. The van der Waals surface area contributed by atoms with Crippen LogP contribution in [-0.4, -0.2) is 48.9 Å². The third-order valence-electron chi connectivity index (χ3n) is 3.84. The van der Waals surface area contributed by atoms with Crippen molar-refractivity contribution in [1.29, 1.82) is 0 Å². The molecule has 1 aliphatic rings. The van der Waals surface area contributed by atoms with Gasteiger partial charge in [-0.25, -0.2) is 4.98 Å². The first-order valence-corrected chi connectivity index (χ1v) is 7.79. The van der Waals surface area contributed by atoms with E-state index in [1.165, 1.54) is 11.3 Å². The molecule has 0 saturated carbocycles. The Morgan fingerprint density at radius 3 is 2.74 bits per heavy atom. The molecule has 2 heterocycles. The second kappa shape index (κ2) is 6.01. The molecule has 0 aromatic carbocycles. The van der Waals surface area contributed by atoms with Crippen LogP contribution in [0.5, 0.6) is 0 Å². The molecule has 1 atom stereocenters. The van der Waals surface area contributed by atoms with Crippen molar-refractivity contribution in [3.05, 3.63) is 10.6 Å². The van der Waals surface area contributed by atoms with E-state index in [-0.39, 0.29) is 0 Å². The fourth-order valence-corrected chi connectivity index (χ4v) is 3.60. The fourth-order valence-electron chi connectivity index (χ4n) is 2.53. The summed E-state index contributed by atoms with van der Waals surface area (Å²) in [5, 5.41) is 1.01. The van der Waals surface area contributed by atoms with Crippen molar-refractivity contribution in [2.45, 2.75) is 39.2 Å². The topological polar surface area (TPSA) is 36.4 Å². The number of carbonyl (C=O) groups is 1. The Kier molecular flexibility index (Phi) is 4.58. The van der Waals surface area contributed by atoms with Gasteiger partial charge in [0.15, 0.2) is 11.4 Å². The monoisotopic (exact) mass is 281 g/mol. The molecule has 106 valence electrons. The Balaban J connectivity index is 2.20. The highest BCUT2D eigenvalue weighted by atomic mass is 32.1. The number of anilines is 1. The minimum atomic E-state index is 0.305. The van der Waals surface area contributed by atoms with Crippen LogP contribution in [0.3, 0.4) is 0 Å². The summed E-state index contributed by atoms with van der Waals surface area (Å²) in [7, 11) is 2.18. The van der Waals surface area contributed by atoms with Crippen molar-refractivity contribution in [3.63, 3.8) is 0 Å². The quantitative estimate of drug-likeness (QED) is 0.795. The smallest absolute Gasteiger partial charge is 0.186 e. The Hall–Kier alpha value is -0.940. The lowest BCUT2D eigenvalue weighted by Gasteiger charge is -2.39. The van der Waals surface area contributed by atoms with Gasteiger partial charge in [-0.15, -0.1) is 0 Å². The number of aldehydes is 1. The number of hydrogen-bond acceptors (Lipinski definition) is 5. The predicted molar refractivity (Wildman–Crippen MR) is 80.5 cm³/mol. The Labute approximate surface area is 119 Å². The van der Waals surface area contributed by atoms with E-state index in [0.29, 0.717) is 12.0 Å². The van der Waals surface area contributed by atoms with Crippen LogP contribution in [0.2, 0.25) is 0 Å². The van der Waals surface area contributed by atoms with Gasteiger partial charge in [0.2, 0.25) is 0 Å². The Bertz CT molecular complexity index is 444. The normalized spacial score (nSPS) is 21.1.